The Morgan fingerprint density at radius 3 is 2.06 bits per heavy atom. The number of carbonyl (C=O) groups is 9. The van der Waals surface area contributed by atoms with Gasteiger partial charge in [-0.05, 0) is 88.9 Å². The molecule has 1 aromatic rings. The van der Waals surface area contributed by atoms with Crippen LogP contribution in [0.5, 0.6) is 0 Å². The smallest absolute Gasteiger partial charge is 0.272 e. The molecule has 3 heterocycles. The fraction of sp³-hybridized carbons (Fsp3) is 0.707. The molecular weight excluding hydrogens is 1010 g/mol. The molecule has 21 heteroatoms. The molecule has 0 radical (unpaired) electrons. The monoisotopic (exact) mass is 1110 g/mol. The number of methoxy groups -OCH3 is 2. The number of benzene rings is 1. The van der Waals surface area contributed by atoms with E-state index in [0.29, 0.717) is 58.3 Å². The van der Waals surface area contributed by atoms with E-state index in [0.717, 1.165) is 23.3 Å². The minimum absolute atomic E-state index is 0.0210. The van der Waals surface area contributed by atoms with Gasteiger partial charge in [0.1, 0.15) is 5.54 Å². The zero-order valence-corrected chi connectivity index (χ0v) is 49.1. The van der Waals surface area contributed by atoms with Crippen molar-refractivity contribution in [1.29, 1.82) is 0 Å². The summed E-state index contributed by atoms with van der Waals surface area (Å²) in [6.07, 6.45) is 5.61. The lowest BCUT2D eigenvalue weighted by molar-refractivity contribution is -0.200. The molecule has 0 bridgehead atoms. The van der Waals surface area contributed by atoms with Crippen LogP contribution in [-0.2, 0) is 57.5 Å². The molecule has 1 saturated carbocycles. The van der Waals surface area contributed by atoms with Crippen molar-refractivity contribution in [3.63, 3.8) is 0 Å². The number of amides is 9. The van der Waals surface area contributed by atoms with E-state index in [4.69, 9.17) is 14.3 Å². The van der Waals surface area contributed by atoms with E-state index in [1.54, 1.807) is 51.8 Å². The highest BCUT2D eigenvalue weighted by Gasteiger charge is 2.64. The SMILES string of the molecule is CC[C@H](C)[C@@H]([C@@H](CC(=O)N1CCC[C@H]1[C@H](OC)[C@@H](C)C(=O)N[C@@]1(C(=O)N2CCCCO2)C[C@@H]1c1ccccc1)OC)N(C)[C@H](C(=O)NC(=O)[C@H](C(C)C)N(C)CCCC(=O)NNC(=O)C(C)(C)CCN1C(=O)C=CC1=O)C(C)C. The molecule has 1 aliphatic carbocycles. The summed E-state index contributed by atoms with van der Waals surface area (Å²) in [6.45, 7) is 18.4. The molecule has 10 atom stereocenters. The van der Waals surface area contributed by atoms with E-state index in [9.17, 15) is 43.2 Å². The Kier molecular flexibility index (Phi) is 23.3. The number of likely N-dealkylation sites (N-methyl/N-ethyl adjacent to an activating group) is 2. The third-order valence-electron chi connectivity index (χ3n) is 16.7. The van der Waals surface area contributed by atoms with Crippen LogP contribution < -0.4 is 21.5 Å². The first-order valence-electron chi connectivity index (χ1n) is 28.4. The van der Waals surface area contributed by atoms with Crippen LogP contribution in [0.1, 0.15) is 138 Å². The third kappa shape index (κ3) is 15.9. The summed E-state index contributed by atoms with van der Waals surface area (Å²) < 4.78 is 12.3. The Bertz CT molecular complexity index is 2320. The van der Waals surface area contributed by atoms with Crippen LogP contribution in [0.4, 0.5) is 0 Å². The second kappa shape index (κ2) is 28.7. The Labute approximate surface area is 467 Å². The van der Waals surface area contributed by atoms with Crippen molar-refractivity contribution in [2.75, 3.05) is 61.1 Å². The van der Waals surface area contributed by atoms with E-state index in [-0.39, 0.29) is 67.2 Å². The molecular formula is C58H91N9O12. The molecule has 5 rings (SSSR count). The number of hydrazine groups is 1. The summed E-state index contributed by atoms with van der Waals surface area (Å²) in [7, 11) is 6.68. The number of ether oxygens (including phenoxy) is 2. The average molecular weight is 1110 g/mol. The largest absolute Gasteiger partial charge is 0.379 e. The number of likely N-dealkylation sites (tertiary alicyclic amines) is 1. The van der Waals surface area contributed by atoms with E-state index in [1.165, 1.54) is 17.2 Å². The van der Waals surface area contributed by atoms with Crippen LogP contribution in [0.25, 0.3) is 0 Å². The first-order valence-corrected chi connectivity index (χ1v) is 28.4. The maximum absolute atomic E-state index is 14.7. The van der Waals surface area contributed by atoms with Gasteiger partial charge in [0, 0.05) is 69.8 Å². The van der Waals surface area contributed by atoms with E-state index >= 15 is 0 Å². The molecule has 440 valence electrons. The molecule has 3 aliphatic heterocycles. The van der Waals surface area contributed by atoms with Crippen molar-refractivity contribution < 1.29 is 57.5 Å². The summed E-state index contributed by atoms with van der Waals surface area (Å²) >= 11 is 0. The number of hydrogen-bond acceptors (Lipinski definition) is 14. The topological polar surface area (TPSA) is 246 Å². The Balaban J connectivity index is 1.19. The number of carbonyl (C=O) groups excluding carboxylic acids is 9. The van der Waals surface area contributed by atoms with Gasteiger partial charge < -0.3 is 19.7 Å². The maximum Gasteiger partial charge on any atom is 0.272 e. The highest BCUT2D eigenvalue weighted by atomic mass is 16.7. The molecule has 9 amide bonds. The molecule has 0 aromatic heterocycles. The molecule has 0 spiro atoms. The van der Waals surface area contributed by atoms with E-state index in [1.807, 2.05) is 76.9 Å². The molecule has 21 nitrogen and oxygen atoms in total. The average Bonchev–Trinajstić information content (AvgIpc) is 4.04. The number of rotatable bonds is 28. The van der Waals surface area contributed by atoms with Crippen molar-refractivity contribution in [2.24, 2.45) is 29.1 Å². The third-order valence-corrected chi connectivity index (χ3v) is 16.7. The van der Waals surface area contributed by atoms with Gasteiger partial charge in [0.2, 0.25) is 35.4 Å². The summed E-state index contributed by atoms with van der Waals surface area (Å²) in [4.78, 5) is 134. The fourth-order valence-corrected chi connectivity index (χ4v) is 11.9. The molecule has 2 saturated heterocycles. The number of imide groups is 2. The molecule has 0 unspecified atom stereocenters. The zero-order chi connectivity index (χ0) is 58.5. The fourth-order valence-electron chi connectivity index (χ4n) is 11.9. The van der Waals surface area contributed by atoms with E-state index in [2.05, 4.69) is 28.4 Å². The highest BCUT2D eigenvalue weighted by molar-refractivity contribution is 6.13. The minimum Gasteiger partial charge on any atom is -0.379 e. The number of nitrogens with one attached hydrogen (secondary N) is 4. The van der Waals surface area contributed by atoms with Crippen molar-refractivity contribution in [2.45, 2.75) is 174 Å². The van der Waals surface area contributed by atoms with Gasteiger partial charge in [0.15, 0.2) is 0 Å². The lowest BCUT2D eigenvalue weighted by atomic mass is 9.87. The first-order chi connectivity index (χ1) is 37.3. The van der Waals surface area contributed by atoms with Gasteiger partial charge in [0.25, 0.3) is 17.7 Å². The quantitative estimate of drug-likeness (QED) is 0.0688. The van der Waals surface area contributed by atoms with Crippen LogP contribution in [0.15, 0.2) is 42.5 Å². The van der Waals surface area contributed by atoms with Gasteiger partial charge in [-0.25, -0.2) is 5.06 Å². The number of hydroxylamine groups is 2. The lowest BCUT2D eigenvalue weighted by Crippen LogP contribution is -2.60. The van der Waals surface area contributed by atoms with Gasteiger partial charge in [-0.3, -0.25) is 78.9 Å². The predicted molar refractivity (Wildman–Crippen MR) is 295 cm³/mol. The molecule has 79 heavy (non-hydrogen) atoms. The van der Waals surface area contributed by atoms with Gasteiger partial charge in [-0.2, -0.15) is 0 Å². The minimum atomic E-state index is -1.17. The summed E-state index contributed by atoms with van der Waals surface area (Å²) in [5.74, 6) is -5.11. The van der Waals surface area contributed by atoms with Gasteiger partial charge in [-0.15, -0.1) is 0 Å². The Morgan fingerprint density at radius 2 is 1.48 bits per heavy atom. The second-order valence-corrected chi connectivity index (χ2v) is 23.5. The zero-order valence-electron chi connectivity index (χ0n) is 49.1. The van der Waals surface area contributed by atoms with Crippen molar-refractivity contribution in [3.8, 4) is 0 Å². The Hall–Kier alpha value is -5.61. The molecule has 4 N–H and O–H groups in total. The van der Waals surface area contributed by atoms with Crippen LogP contribution in [0.2, 0.25) is 0 Å². The van der Waals surface area contributed by atoms with Crippen LogP contribution in [-0.4, -0.2) is 181 Å². The van der Waals surface area contributed by atoms with Crippen LogP contribution in [0.3, 0.4) is 0 Å². The van der Waals surface area contributed by atoms with Crippen molar-refractivity contribution in [3.05, 3.63) is 48.0 Å². The summed E-state index contributed by atoms with van der Waals surface area (Å²) in [5.41, 5.74) is 3.65. The van der Waals surface area contributed by atoms with Crippen LogP contribution in [0, 0.1) is 29.1 Å². The lowest BCUT2D eigenvalue weighted by Gasteiger charge is -2.43. The van der Waals surface area contributed by atoms with Crippen molar-refractivity contribution >= 4 is 53.2 Å². The Morgan fingerprint density at radius 1 is 0.835 bits per heavy atom. The predicted octanol–water partition coefficient (Wildman–Crippen LogP) is 3.87. The van der Waals surface area contributed by atoms with Gasteiger partial charge in [0.05, 0.1) is 49.3 Å². The van der Waals surface area contributed by atoms with Crippen molar-refractivity contribution in [1.82, 2.24) is 46.1 Å². The summed E-state index contributed by atoms with van der Waals surface area (Å²) in [6, 6.07) is 7.26. The highest BCUT2D eigenvalue weighted by Crippen LogP contribution is 2.53. The standard InChI is InChI=1S/C58H91N9O12/c1-14-38(6)50(64(11)49(37(4)5)54(74)59-53(73)48(36(2)3)63(10)29-21-25-44(68)61-62-55(75)57(8,9)28-32-66-45(69)26-27-46(66)70)43(77-12)34-47(71)65-30-20-24-42(65)51(78-13)39(7)52(72)60-58(56(76)67-31-18-19-33-79-67)35-41(58)40-22-16-15-17-23-40/h15-17,22-23,26-27,36-39,41-43,48-51H,14,18-21,24-25,28-35H2,1-13H3,(H,60,72)(H,61,68)(H,62,75)(H,59,73,74)/t38-,39+,41+,42-,43+,48-,49-,50-,51+,58-/m0/s1. The summed E-state index contributed by atoms with van der Waals surface area (Å²) in [5, 5.41) is 7.27. The molecule has 3 fully saturated rings. The van der Waals surface area contributed by atoms with Gasteiger partial charge >= 0.3 is 0 Å². The first kappa shape index (κ1) is 64.2. The maximum atomic E-state index is 14.7. The van der Waals surface area contributed by atoms with Gasteiger partial charge in [-0.1, -0.05) is 99.1 Å². The second-order valence-electron chi connectivity index (χ2n) is 23.5. The van der Waals surface area contributed by atoms with E-state index < -0.39 is 88.7 Å². The van der Waals surface area contributed by atoms with Crippen LogP contribution >= 0.6 is 0 Å². The number of nitrogens with zero attached hydrogens (tertiary/aromatic N) is 5. The number of hydrogen-bond donors (Lipinski definition) is 4. The normalized spacial score (nSPS) is 22.2. The molecule has 1 aromatic carbocycles. The molecule has 4 aliphatic rings.